The summed E-state index contributed by atoms with van der Waals surface area (Å²) in [5, 5.41) is 5.37. The zero-order valence-corrected chi connectivity index (χ0v) is 14.6. The lowest BCUT2D eigenvalue weighted by molar-refractivity contribution is -0.118. The van der Waals surface area contributed by atoms with E-state index < -0.39 is 0 Å². The van der Waals surface area contributed by atoms with Crippen LogP contribution in [0.5, 0.6) is 0 Å². The third-order valence-electron chi connectivity index (χ3n) is 3.47. The number of hydrogen-bond donors (Lipinski definition) is 2. The molecule has 5 heteroatoms. The highest BCUT2D eigenvalue weighted by molar-refractivity contribution is 6.03. The Kier molecular flexibility index (Phi) is 7.83. The highest BCUT2D eigenvalue weighted by Crippen LogP contribution is 2.04. The molecule has 26 heavy (non-hydrogen) atoms. The Hall–Kier alpha value is -3.18. The predicted octanol–water partition coefficient (Wildman–Crippen LogP) is 2.78. The molecule has 0 bridgehead atoms. The zero-order valence-electron chi connectivity index (χ0n) is 14.6. The molecule has 2 amide bonds. The number of amides is 2. The molecule has 2 aromatic rings. The third-order valence-corrected chi connectivity index (χ3v) is 3.47. The lowest BCUT2D eigenvalue weighted by Gasteiger charge is -2.10. The first-order valence-corrected chi connectivity index (χ1v) is 8.27. The number of allylic oxidation sites excluding steroid dienone is 2. The smallest absolute Gasteiger partial charge is 0.267 e. The Balaban J connectivity index is 2.12. The van der Waals surface area contributed by atoms with Crippen molar-refractivity contribution in [1.82, 2.24) is 10.6 Å². The van der Waals surface area contributed by atoms with E-state index in [0.29, 0.717) is 18.7 Å². The molecule has 0 aliphatic heterocycles. The van der Waals surface area contributed by atoms with E-state index in [0.717, 1.165) is 5.56 Å². The van der Waals surface area contributed by atoms with E-state index in [4.69, 9.17) is 4.74 Å². The van der Waals surface area contributed by atoms with Crippen LogP contribution in [-0.2, 0) is 9.53 Å². The molecule has 2 aromatic carbocycles. The van der Waals surface area contributed by atoms with Gasteiger partial charge in [0.1, 0.15) is 5.70 Å². The second kappa shape index (κ2) is 10.6. The zero-order chi connectivity index (χ0) is 18.6. The highest BCUT2D eigenvalue weighted by atomic mass is 16.5. The fourth-order valence-corrected chi connectivity index (χ4v) is 2.14. The van der Waals surface area contributed by atoms with Crippen LogP contribution in [0.25, 0.3) is 6.08 Å². The van der Waals surface area contributed by atoms with Crippen molar-refractivity contribution in [3.63, 3.8) is 0 Å². The minimum atomic E-state index is -0.371. The Labute approximate surface area is 153 Å². The maximum Gasteiger partial charge on any atom is 0.267 e. The summed E-state index contributed by atoms with van der Waals surface area (Å²) in [7, 11) is 1.56. The molecule has 0 aliphatic carbocycles. The van der Waals surface area contributed by atoms with Crippen molar-refractivity contribution < 1.29 is 14.3 Å². The number of hydrogen-bond acceptors (Lipinski definition) is 3. The molecule has 0 spiro atoms. The van der Waals surface area contributed by atoms with Crippen molar-refractivity contribution >= 4 is 17.9 Å². The van der Waals surface area contributed by atoms with Gasteiger partial charge in [-0.3, -0.25) is 9.59 Å². The molecule has 0 saturated heterocycles. The number of nitrogens with one attached hydrogen (secondary N) is 2. The number of ether oxygens (including phenoxy) is 1. The lowest BCUT2D eigenvalue weighted by Crippen LogP contribution is -2.36. The van der Waals surface area contributed by atoms with Crippen LogP contribution in [0, 0.1) is 0 Å². The van der Waals surface area contributed by atoms with Crippen LogP contribution in [0.15, 0.2) is 78.5 Å². The molecule has 0 radical (unpaired) electrons. The second-order valence-corrected chi connectivity index (χ2v) is 5.42. The maximum absolute atomic E-state index is 12.3. The lowest BCUT2D eigenvalue weighted by atomic mass is 10.2. The van der Waals surface area contributed by atoms with Gasteiger partial charge in [-0.05, 0) is 23.8 Å². The van der Waals surface area contributed by atoms with Crippen molar-refractivity contribution in [3.05, 3.63) is 89.6 Å². The van der Waals surface area contributed by atoms with Gasteiger partial charge in [-0.25, -0.2) is 0 Å². The molecule has 0 heterocycles. The number of carbonyl (C=O) groups is 2. The Morgan fingerprint density at radius 1 is 1.00 bits per heavy atom. The summed E-state index contributed by atoms with van der Waals surface area (Å²) in [5.74, 6) is -0.712. The van der Waals surface area contributed by atoms with Crippen molar-refractivity contribution in [2.75, 3.05) is 20.3 Å². The summed E-state index contributed by atoms with van der Waals surface area (Å²) in [5.41, 5.74) is 1.65. The Bertz CT molecular complexity index is 768. The average molecular weight is 350 g/mol. The van der Waals surface area contributed by atoms with Gasteiger partial charge >= 0.3 is 0 Å². The van der Waals surface area contributed by atoms with E-state index in [1.54, 1.807) is 43.5 Å². The van der Waals surface area contributed by atoms with Crippen LogP contribution in [0.3, 0.4) is 0 Å². The van der Waals surface area contributed by atoms with Crippen LogP contribution < -0.4 is 10.6 Å². The van der Waals surface area contributed by atoms with Gasteiger partial charge in [-0.1, -0.05) is 60.7 Å². The van der Waals surface area contributed by atoms with Gasteiger partial charge in [-0.15, -0.1) is 0 Å². The first-order valence-electron chi connectivity index (χ1n) is 8.27. The molecule has 0 aliphatic rings. The Morgan fingerprint density at radius 2 is 1.65 bits per heavy atom. The summed E-state index contributed by atoms with van der Waals surface area (Å²) < 4.78 is 4.93. The molecule has 0 aromatic heterocycles. The van der Waals surface area contributed by atoms with Gasteiger partial charge < -0.3 is 15.4 Å². The molecule has 134 valence electrons. The molecule has 0 fully saturated rings. The third kappa shape index (κ3) is 6.37. The predicted molar refractivity (Wildman–Crippen MR) is 102 cm³/mol. The van der Waals surface area contributed by atoms with Gasteiger partial charge in [0.25, 0.3) is 11.8 Å². The fraction of sp³-hybridized carbons (Fsp3) is 0.143. The summed E-state index contributed by atoms with van der Waals surface area (Å²) in [6, 6.07) is 18.4. The summed E-state index contributed by atoms with van der Waals surface area (Å²) >= 11 is 0. The quantitative estimate of drug-likeness (QED) is 0.437. The minimum Gasteiger partial charge on any atom is -0.383 e. The first-order chi connectivity index (χ1) is 12.7. The van der Waals surface area contributed by atoms with Crippen molar-refractivity contribution in [2.45, 2.75) is 0 Å². The second-order valence-electron chi connectivity index (χ2n) is 5.42. The van der Waals surface area contributed by atoms with E-state index in [2.05, 4.69) is 10.6 Å². The number of benzene rings is 2. The van der Waals surface area contributed by atoms with Crippen molar-refractivity contribution in [3.8, 4) is 0 Å². The van der Waals surface area contributed by atoms with Crippen LogP contribution in [0.2, 0.25) is 0 Å². The van der Waals surface area contributed by atoms with E-state index >= 15 is 0 Å². The summed E-state index contributed by atoms with van der Waals surface area (Å²) in [6.45, 7) is 0.752. The van der Waals surface area contributed by atoms with E-state index in [1.165, 1.54) is 0 Å². The SMILES string of the molecule is COCCNC(=O)/C(=C/C=C/c1ccccc1)NC(=O)c1ccccc1. The number of rotatable bonds is 8. The van der Waals surface area contributed by atoms with Crippen LogP contribution >= 0.6 is 0 Å². The normalized spacial score (nSPS) is 11.3. The van der Waals surface area contributed by atoms with Gasteiger partial charge in [0.2, 0.25) is 0 Å². The standard InChI is InChI=1S/C21H22N2O3/c1-26-16-15-22-21(25)19(14-8-11-17-9-4-2-5-10-17)23-20(24)18-12-6-3-7-13-18/h2-14H,15-16H2,1H3,(H,22,25)(H,23,24)/b11-8+,19-14-. The first kappa shape index (κ1) is 19.1. The van der Waals surface area contributed by atoms with E-state index in [9.17, 15) is 9.59 Å². The largest absolute Gasteiger partial charge is 0.383 e. The number of carbonyl (C=O) groups excluding carboxylic acids is 2. The van der Waals surface area contributed by atoms with E-state index in [-0.39, 0.29) is 17.5 Å². The van der Waals surface area contributed by atoms with Gasteiger partial charge in [0.15, 0.2) is 0 Å². The maximum atomic E-state index is 12.3. The van der Waals surface area contributed by atoms with Crippen LogP contribution in [0.1, 0.15) is 15.9 Å². The molecule has 2 rings (SSSR count). The van der Waals surface area contributed by atoms with Crippen molar-refractivity contribution in [1.29, 1.82) is 0 Å². The molecule has 2 N–H and O–H groups in total. The molecular formula is C21H22N2O3. The topological polar surface area (TPSA) is 67.4 Å². The van der Waals surface area contributed by atoms with Crippen LogP contribution in [-0.4, -0.2) is 32.1 Å². The molecular weight excluding hydrogens is 328 g/mol. The average Bonchev–Trinajstić information content (AvgIpc) is 2.68. The van der Waals surface area contributed by atoms with Gasteiger partial charge in [-0.2, -0.15) is 0 Å². The van der Waals surface area contributed by atoms with Crippen molar-refractivity contribution in [2.24, 2.45) is 0 Å². The monoisotopic (exact) mass is 350 g/mol. The van der Waals surface area contributed by atoms with E-state index in [1.807, 2.05) is 42.5 Å². The minimum absolute atomic E-state index is 0.169. The van der Waals surface area contributed by atoms with Gasteiger partial charge in [0.05, 0.1) is 6.61 Å². The van der Waals surface area contributed by atoms with Gasteiger partial charge in [0, 0.05) is 19.2 Å². The Morgan fingerprint density at radius 3 is 2.31 bits per heavy atom. The molecule has 0 atom stereocenters. The highest BCUT2D eigenvalue weighted by Gasteiger charge is 2.13. The summed E-state index contributed by atoms with van der Waals surface area (Å²) in [4.78, 5) is 24.7. The number of methoxy groups -OCH3 is 1. The molecule has 0 saturated carbocycles. The summed E-state index contributed by atoms with van der Waals surface area (Å²) in [6.07, 6.45) is 5.17. The molecule has 5 nitrogen and oxygen atoms in total. The van der Waals surface area contributed by atoms with Crippen LogP contribution in [0.4, 0.5) is 0 Å². The molecule has 0 unspecified atom stereocenters. The fourth-order valence-electron chi connectivity index (χ4n) is 2.14.